The van der Waals surface area contributed by atoms with Crippen molar-refractivity contribution in [3.63, 3.8) is 0 Å². The van der Waals surface area contributed by atoms with E-state index in [1.807, 2.05) is 24.3 Å². The van der Waals surface area contributed by atoms with E-state index in [4.69, 9.17) is 16.1 Å². The van der Waals surface area contributed by atoms with Gasteiger partial charge in [0.15, 0.2) is 0 Å². The molecule has 0 amide bonds. The van der Waals surface area contributed by atoms with Crippen LogP contribution in [0.15, 0.2) is 28.8 Å². The Morgan fingerprint density at radius 2 is 2.28 bits per heavy atom. The summed E-state index contributed by atoms with van der Waals surface area (Å²) >= 11 is 6.11. The molecular weight excluding hydrogens is 250 g/mol. The molecule has 2 aromatic rings. The van der Waals surface area contributed by atoms with E-state index in [2.05, 4.69) is 15.5 Å². The lowest BCUT2D eigenvalue weighted by Crippen LogP contribution is -2.10. The second kappa shape index (κ2) is 5.08. The van der Waals surface area contributed by atoms with Crippen molar-refractivity contribution in [3.05, 3.63) is 35.2 Å². The van der Waals surface area contributed by atoms with Gasteiger partial charge in [0.1, 0.15) is 0 Å². The maximum atomic E-state index is 6.11. The maximum Gasteiger partial charge on any atom is 0.227 e. The van der Waals surface area contributed by atoms with Crippen molar-refractivity contribution in [1.29, 1.82) is 0 Å². The van der Waals surface area contributed by atoms with Crippen LogP contribution in [0.25, 0.3) is 11.4 Å². The number of benzene rings is 1. The van der Waals surface area contributed by atoms with Crippen LogP contribution in [0.5, 0.6) is 0 Å². The standard InChI is InChI=1S/C13H14ClN3O/c14-11-4-2-1-3-10(11)13-16-12(18-17-13)7-9-5-6-15-8-9/h1-4,9,15H,5-8H2. The number of aromatic nitrogens is 2. The minimum atomic E-state index is 0.571. The molecule has 1 saturated heterocycles. The Kier molecular flexibility index (Phi) is 3.30. The van der Waals surface area contributed by atoms with Gasteiger partial charge >= 0.3 is 0 Å². The van der Waals surface area contributed by atoms with Gasteiger partial charge in [-0.15, -0.1) is 0 Å². The third kappa shape index (κ3) is 2.40. The van der Waals surface area contributed by atoms with Crippen LogP contribution in [0, 0.1) is 5.92 Å². The van der Waals surface area contributed by atoms with Crippen LogP contribution in [0.1, 0.15) is 12.3 Å². The zero-order valence-corrected chi connectivity index (χ0v) is 10.7. The molecular formula is C13H14ClN3O. The van der Waals surface area contributed by atoms with Gasteiger partial charge in [-0.05, 0) is 37.6 Å². The minimum absolute atomic E-state index is 0.571. The lowest BCUT2D eigenvalue weighted by atomic mass is 10.1. The Hall–Kier alpha value is -1.39. The van der Waals surface area contributed by atoms with Crippen molar-refractivity contribution in [1.82, 2.24) is 15.5 Å². The van der Waals surface area contributed by atoms with Crippen molar-refractivity contribution in [2.45, 2.75) is 12.8 Å². The van der Waals surface area contributed by atoms with Crippen molar-refractivity contribution < 1.29 is 4.52 Å². The monoisotopic (exact) mass is 263 g/mol. The Morgan fingerprint density at radius 1 is 1.39 bits per heavy atom. The molecule has 1 N–H and O–H groups in total. The summed E-state index contributed by atoms with van der Waals surface area (Å²) in [4.78, 5) is 4.41. The molecule has 0 spiro atoms. The first kappa shape index (κ1) is 11.7. The summed E-state index contributed by atoms with van der Waals surface area (Å²) in [5, 5.41) is 7.97. The smallest absolute Gasteiger partial charge is 0.227 e. The number of hydrogen-bond donors (Lipinski definition) is 1. The number of hydrogen-bond acceptors (Lipinski definition) is 4. The first-order valence-electron chi connectivity index (χ1n) is 6.11. The van der Waals surface area contributed by atoms with Crippen molar-refractivity contribution in [2.24, 2.45) is 5.92 Å². The highest BCUT2D eigenvalue weighted by atomic mass is 35.5. The van der Waals surface area contributed by atoms with E-state index < -0.39 is 0 Å². The second-order valence-electron chi connectivity index (χ2n) is 4.55. The van der Waals surface area contributed by atoms with Crippen LogP contribution < -0.4 is 5.32 Å². The molecule has 0 saturated carbocycles. The molecule has 0 radical (unpaired) electrons. The third-order valence-corrected chi connectivity index (χ3v) is 3.54. The molecule has 1 fully saturated rings. The summed E-state index contributed by atoms with van der Waals surface area (Å²) < 4.78 is 5.29. The topological polar surface area (TPSA) is 51.0 Å². The average molecular weight is 264 g/mol. The van der Waals surface area contributed by atoms with E-state index in [1.165, 1.54) is 6.42 Å². The first-order valence-corrected chi connectivity index (χ1v) is 6.49. The van der Waals surface area contributed by atoms with Crippen molar-refractivity contribution in [2.75, 3.05) is 13.1 Å². The second-order valence-corrected chi connectivity index (χ2v) is 4.96. The fourth-order valence-electron chi connectivity index (χ4n) is 2.23. The average Bonchev–Trinajstić information content (AvgIpc) is 3.02. The predicted molar refractivity (Wildman–Crippen MR) is 69.4 cm³/mol. The van der Waals surface area contributed by atoms with E-state index in [9.17, 15) is 0 Å². The molecule has 18 heavy (non-hydrogen) atoms. The summed E-state index contributed by atoms with van der Waals surface area (Å²) in [5.74, 6) is 1.87. The lowest BCUT2D eigenvalue weighted by molar-refractivity contribution is 0.358. The van der Waals surface area contributed by atoms with E-state index in [-0.39, 0.29) is 0 Å². The summed E-state index contributed by atoms with van der Waals surface area (Å²) in [6.45, 7) is 2.11. The molecule has 1 aromatic heterocycles. The summed E-state index contributed by atoms with van der Waals surface area (Å²) in [5.41, 5.74) is 0.818. The molecule has 3 rings (SSSR count). The molecule has 1 atom stereocenters. The summed E-state index contributed by atoms with van der Waals surface area (Å²) in [6, 6.07) is 7.52. The van der Waals surface area contributed by atoms with Crippen LogP contribution in [0.3, 0.4) is 0 Å². The normalized spacial score (nSPS) is 19.3. The van der Waals surface area contributed by atoms with E-state index in [1.54, 1.807) is 0 Å². The van der Waals surface area contributed by atoms with Crippen LogP contribution in [-0.4, -0.2) is 23.2 Å². The molecule has 1 aliphatic rings. The summed E-state index contributed by atoms with van der Waals surface area (Å²) in [7, 11) is 0. The SMILES string of the molecule is Clc1ccccc1-c1noc(CC2CCNC2)n1. The van der Waals surface area contributed by atoms with E-state index in [0.717, 1.165) is 25.1 Å². The highest BCUT2D eigenvalue weighted by molar-refractivity contribution is 6.33. The van der Waals surface area contributed by atoms with E-state index >= 15 is 0 Å². The largest absolute Gasteiger partial charge is 0.339 e. The molecule has 4 nitrogen and oxygen atoms in total. The lowest BCUT2D eigenvalue weighted by Gasteiger charge is -2.01. The highest BCUT2D eigenvalue weighted by Gasteiger charge is 2.19. The van der Waals surface area contributed by atoms with Gasteiger partial charge in [0, 0.05) is 12.0 Å². The quantitative estimate of drug-likeness (QED) is 0.925. The Labute approximate surface area is 110 Å². The van der Waals surface area contributed by atoms with Crippen LogP contribution >= 0.6 is 11.6 Å². The zero-order chi connectivity index (χ0) is 12.4. The maximum absolute atomic E-state index is 6.11. The van der Waals surface area contributed by atoms with Crippen molar-refractivity contribution in [3.8, 4) is 11.4 Å². The molecule has 2 heterocycles. The van der Waals surface area contributed by atoms with Gasteiger partial charge in [-0.25, -0.2) is 0 Å². The van der Waals surface area contributed by atoms with Gasteiger partial charge < -0.3 is 9.84 Å². The number of nitrogens with zero attached hydrogens (tertiary/aromatic N) is 2. The highest BCUT2D eigenvalue weighted by Crippen LogP contribution is 2.25. The Balaban J connectivity index is 1.79. The molecule has 94 valence electrons. The van der Waals surface area contributed by atoms with Crippen molar-refractivity contribution >= 4 is 11.6 Å². The minimum Gasteiger partial charge on any atom is -0.339 e. The molecule has 1 unspecified atom stereocenters. The zero-order valence-electron chi connectivity index (χ0n) is 9.90. The number of nitrogens with one attached hydrogen (secondary N) is 1. The van der Waals surface area contributed by atoms with Gasteiger partial charge in [0.2, 0.25) is 11.7 Å². The fourth-order valence-corrected chi connectivity index (χ4v) is 2.45. The first-order chi connectivity index (χ1) is 8.83. The van der Waals surface area contributed by atoms with Gasteiger partial charge in [-0.2, -0.15) is 4.98 Å². The van der Waals surface area contributed by atoms with Crippen LogP contribution in [-0.2, 0) is 6.42 Å². The van der Waals surface area contributed by atoms with Crippen LogP contribution in [0.4, 0.5) is 0 Å². The molecule has 1 aliphatic heterocycles. The fraction of sp³-hybridized carbons (Fsp3) is 0.385. The van der Waals surface area contributed by atoms with E-state index in [0.29, 0.717) is 22.7 Å². The Morgan fingerprint density at radius 3 is 3.06 bits per heavy atom. The predicted octanol–water partition coefficient (Wildman–Crippen LogP) is 2.54. The number of rotatable bonds is 3. The van der Waals surface area contributed by atoms with Crippen LogP contribution in [0.2, 0.25) is 5.02 Å². The van der Waals surface area contributed by atoms with Gasteiger partial charge in [0.05, 0.1) is 5.02 Å². The third-order valence-electron chi connectivity index (χ3n) is 3.21. The van der Waals surface area contributed by atoms with Gasteiger partial charge in [-0.1, -0.05) is 28.9 Å². The summed E-state index contributed by atoms with van der Waals surface area (Å²) in [6.07, 6.45) is 2.01. The molecule has 0 aliphatic carbocycles. The molecule has 5 heteroatoms. The van der Waals surface area contributed by atoms with Gasteiger partial charge in [0.25, 0.3) is 0 Å². The Bertz CT molecular complexity index is 535. The molecule has 1 aromatic carbocycles. The molecule has 0 bridgehead atoms. The number of halogens is 1. The van der Waals surface area contributed by atoms with Gasteiger partial charge in [-0.3, -0.25) is 0 Å².